The van der Waals surface area contributed by atoms with E-state index in [1.807, 2.05) is 76.8 Å². The van der Waals surface area contributed by atoms with E-state index in [2.05, 4.69) is 59.0 Å². The molecule has 0 fully saturated rings. The van der Waals surface area contributed by atoms with Crippen molar-refractivity contribution in [3.05, 3.63) is 66.9 Å². The minimum absolute atomic E-state index is 0.421. The first-order valence-corrected chi connectivity index (χ1v) is 11.5. The lowest BCUT2D eigenvalue weighted by Gasteiger charge is -2.04. The SMILES string of the molecule is C=C(CC)c1c(CN=CNC#N)nc2ccccn12.C=C1NC=CC1C.CC.CC.CNC. The van der Waals surface area contributed by atoms with Crippen LogP contribution >= 0.6 is 0 Å². The van der Waals surface area contributed by atoms with E-state index in [0.29, 0.717) is 12.5 Å². The molecule has 0 aliphatic carbocycles. The van der Waals surface area contributed by atoms with E-state index in [1.54, 1.807) is 6.19 Å². The fourth-order valence-corrected chi connectivity index (χ4v) is 2.45. The van der Waals surface area contributed by atoms with E-state index < -0.39 is 0 Å². The summed E-state index contributed by atoms with van der Waals surface area (Å²) in [4.78, 5) is 8.69. The van der Waals surface area contributed by atoms with Crippen molar-refractivity contribution >= 4 is 17.6 Å². The lowest BCUT2D eigenvalue weighted by atomic mass is 10.1. The van der Waals surface area contributed by atoms with Crippen molar-refractivity contribution in [2.45, 2.75) is 54.5 Å². The molecule has 0 saturated heterocycles. The molecule has 2 aromatic heterocycles. The molecule has 1 unspecified atom stereocenters. The summed E-state index contributed by atoms with van der Waals surface area (Å²) in [6, 6.07) is 5.86. The number of nitriles is 1. The smallest absolute Gasteiger partial charge is 0.182 e. The molecule has 0 bridgehead atoms. The molecule has 0 amide bonds. The van der Waals surface area contributed by atoms with Crippen LogP contribution < -0.4 is 16.0 Å². The second-order valence-electron chi connectivity index (χ2n) is 6.34. The van der Waals surface area contributed by atoms with E-state index in [-0.39, 0.29) is 0 Å². The molecule has 3 heterocycles. The van der Waals surface area contributed by atoms with Crippen LogP contribution in [0.15, 0.2) is 60.5 Å². The van der Waals surface area contributed by atoms with Gasteiger partial charge in [0.05, 0.1) is 24.3 Å². The van der Waals surface area contributed by atoms with Gasteiger partial charge < -0.3 is 10.6 Å². The monoisotopic (exact) mass is 453 g/mol. The number of rotatable bonds is 5. The van der Waals surface area contributed by atoms with Gasteiger partial charge in [-0.15, -0.1) is 0 Å². The van der Waals surface area contributed by atoms with Gasteiger partial charge in [0.25, 0.3) is 0 Å². The number of hydrogen-bond acceptors (Lipinski definition) is 5. The van der Waals surface area contributed by atoms with Crippen LogP contribution in [0, 0.1) is 17.4 Å². The summed E-state index contributed by atoms with van der Waals surface area (Å²) in [6.07, 6.45) is 10.0. The minimum Gasteiger partial charge on any atom is -0.365 e. The summed E-state index contributed by atoms with van der Waals surface area (Å²) in [5.74, 6) is 0.528. The molecule has 1 aliphatic heterocycles. The molecular weight excluding hydrogens is 410 g/mol. The number of nitrogens with one attached hydrogen (secondary N) is 3. The van der Waals surface area contributed by atoms with Gasteiger partial charge in [-0.25, -0.2) is 4.98 Å². The Morgan fingerprint density at radius 1 is 1.30 bits per heavy atom. The normalized spacial score (nSPS) is 13.1. The second kappa shape index (κ2) is 20.5. The molecule has 0 aromatic carbocycles. The van der Waals surface area contributed by atoms with Crippen LogP contribution in [0.25, 0.3) is 11.2 Å². The zero-order chi connectivity index (χ0) is 25.6. The molecule has 182 valence electrons. The second-order valence-corrected chi connectivity index (χ2v) is 6.34. The van der Waals surface area contributed by atoms with Crippen LogP contribution in [0.3, 0.4) is 0 Å². The van der Waals surface area contributed by atoms with Crippen LogP contribution in [-0.2, 0) is 6.54 Å². The molecule has 7 nitrogen and oxygen atoms in total. The Morgan fingerprint density at radius 2 is 1.94 bits per heavy atom. The maximum absolute atomic E-state index is 8.37. The number of allylic oxidation sites excluding steroid dienone is 2. The highest BCUT2D eigenvalue weighted by molar-refractivity contribution is 5.66. The summed E-state index contributed by atoms with van der Waals surface area (Å²) in [5, 5.41) is 16.5. The van der Waals surface area contributed by atoms with E-state index in [9.17, 15) is 0 Å². The van der Waals surface area contributed by atoms with Gasteiger partial charge in [-0.05, 0) is 44.4 Å². The van der Waals surface area contributed by atoms with Crippen molar-refractivity contribution in [3.8, 4) is 6.19 Å². The molecule has 33 heavy (non-hydrogen) atoms. The van der Waals surface area contributed by atoms with E-state index >= 15 is 0 Å². The average molecular weight is 454 g/mol. The molecular formula is C26H43N7. The Bertz CT molecular complexity index is 901. The number of aliphatic imine (C=N–C) groups is 1. The molecule has 1 aliphatic rings. The number of aromatic nitrogens is 2. The third-order valence-electron chi connectivity index (χ3n) is 4.03. The highest BCUT2D eigenvalue weighted by atomic mass is 15.0. The largest absolute Gasteiger partial charge is 0.365 e. The fraction of sp³-hybridized carbons (Fsp3) is 0.423. The van der Waals surface area contributed by atoms with Gasteiger partial charge in [-0.2, -0.15) is 5.26 Å². The summed E-state index contributed by atoms with van der Waals surface area (Å²) in [5.41, 5.74) is 4.88. The van der Waals surface area contributed by atoms with Gasteiger partial charge in [-0.3, -0.25) is 14.7 Å². The topological polar surface area (TPSA) is 89.5 Å². The Morgan fingerprint density at radius 3 is 2.39 bits per heavy atom. The summed E-state index contributed by atoms with van der Waals surface area (Å²) >= 11 is 0. The number of fused-ring (bicyclic) bond motifs is 1. The molecule has 2 aromatic rings. The van der Waals surface area contributed by atoms with Crippen LogP contribution in [0.1, 0.15) is 59.4 Å². The zero-order valence-electron chi connectivity index (χ0n) is 21.7. The van der Waals surface area contributed by atoms with E-state index in [4.69, 9.17) is 5.26 Å². The third-order valence-corrected chi connectivity index (χ3v) is 4.03. The first-order valence-electron chi connectivity index (χ1n) is 11.5. The fourth-order valence-electron chi connectivity index (χ4n) is 2.45. The van der Waals surface area contributed by atoms with E-state index in [1.165, 1.54) is 6.34 Å². The quantitative estimate of drug-likeness (QED) is 0.241. The summed E-state index contributed by atoms with van der Waals surface area (Å²) in [7, 11) is 3.75. The highest BCUT2D eigenvalue weighted by Crippen LogP contribution is 2.22. The molecule has 0 saturated carbocycles. The number of hydrogen-bond donors (Lipinski definition) is 3. The average Bonchev–Trinajstić information content (AvgIpc) is 3.41. The molecule has 3 N–H and O–H groups in total. The lowest BCUT2D eigenvalue weighted by Crippen LogP contribution is -2.01. The van der Waals surface area contributed by atoms with Crippen LogP contribution in [0.5, 0.6) is 0 Å². The predicted molar refractivity (Wildman–Crippen MR) is 144 cm³/mol. The highest BCUT2D eigenvalue weighted by Gasteiger charge is 2.12. The van der Waals surface area contributed by atoms with Gasteiger partial charge in [0.1, 0.15) is 5.65 Å². The van der Waals surface area contributed by atoms with Gasteiger partial charge in [0.15, 0.2) is 6.19 Å². The maximum atomic E-state index is 8.37. The molecule has 0 spiro atoms. The Labute approximate surface area is 201 Å². The van der Waals surface area contributed by atoms with Crippen molar-refractivity contribution in [3.63, 3.8) is 0 Å². The van der Waals surface area contributed by atoms with Crippen molar-refractivity contribution in [1.29, 1.82) is 5.26 Å². The Hall–Kier alpha value is -3.37. The van der Waals surface area contributed by atoms with Crippen molar-refractivity contribution in [2.24, 2.45) is 10.9 Å². The van der Waals surface area contributed by atoms with Gasteiger partial charge in [-0.1, -0.05) is 66.8 Å². The molecule has 0 radical (unpaired) electrons. The number of nitrogens with zero attached hydrogens (tertiary/aromatic N) is 4. The van der Waals surface area contributed by atoms with Gasteiger partial charge >= 0.3 is 0 Å². The van der Waals surface area contributed by atoms with Gasteiger partial charge in [0, 0.05) is 17.8 Å². The predicted octanol–water partition coefficient (Wildman–Crippen LogP) is 5.50. The summed E-state index contributed by atoms with van der Waals surface area (Å²) in [6.45, 7) is 20.4. The standard InChI is InChI=1S/C14H15N5.C6H9N.C2H7N.2C2H6/c1-3-11(2)14-12(8-16-10-17-9-15)18-13-6-4-5-7-19(13)14;1-5-3-4-7-6(5)2;1-3-2;2*1-2/h4-7,10H,2-3,8H2,1H3,(H,16,17);3-5,7H,2H2,1H3;3H,1-2H3;2*1-2H3. The maximum Gasteiger partial charge on any atom is 0.182 e. The first-order chi connectivity index (χ1) is 16.0. The number of pyridine rings is 1. The van der Waals surface area contributed by atoms with Crippen molar-refractivity contribution in [2.75, 3.05) is 14.1 Å². The van der Waals surface area contributed by atoms with Gasteiger partial charge in [0.2, 0.25) is 0 Å². The zero-order valence-corrected chi connectivity index (χ0v) is 21.7. The van der Waals surface area contributed by atoms with Crippen molar-refractivity contribution in [1.82, 2.24) is 25.3 Å². The van der Waals surface area contributed by atoms with Crippen LogP contribution in [0.2, 0.25) is 0 Å². The summed E-state index contributed by atoms with van der Waals surface area (Å²) < 4.78 is 2.02. The Balaban J connectivity index is 0. The van der Waals surface area contributed by atoms with Crippen LogP contribution in [0.4, 0.5) is 0 Å². The molecule has 3 rings (SSSR count). The molecule has 1 atom stereocenters. The number of imidazole rings is 1. The van der Waals surface area contributed by atoms with Crippen molar-refractivity contribution < 1.29 is 0 Å². The third kappa shape index (κ3) is 11.7. The molecule has 7 heteroatoms. The van der Waals surface area contributed by atoms with E-state index in [0.717, 1.165) is 34.7 Å². The Kier molecular flexibility index (Phi) is 19.8. The lowest BCUT2D eigenvalue weighted by molar-refractivity contribution is 0.850. The minimum atomic E-state index is 0.421. The first kappa shape index (κ1) is 31.8. The van der Waals surface area contributed by atoms with Crippen LogP contribution in [-0.4, -0.2) is 29.8 Å².